The molecule has 0 unspecified atom stereocenters. The number of carbonyl (C=O) groups excluding carboxylic acids is 1. The predicted octanol–water partition coefficient (Wildman–Crippen LogP) is 7.65. The summed E-state index contributed by atoms with van der Waals surface area (Å²) in [4.78, 5) is 12.1. The van der Waals surface area contributed by atoms with Crippen molar-refractivity contribution in [3.63, 3.8) is 0 Å². The lowest BCUT2D eigenvalue weighted by Crippen LogP contribution is -2.29. The topological polar surface area (TPSA) is 56.8 Å². The van der Waals surface area contributed by atoms with Gasteiger partial charge < -0.3 is 19.5 Å². The minimum Gasteiger partial charge on any atom is -0.488 e. The summed E-state index contributed by atoms with van der Waals surface area (Å²) in [5.41, 5.74) is 0.634. The molecule has 0 aliphatic carbocycles. The molecular weight excluding hydrogens is 485 g/mol. The van der Waals surface area contributed by atoms with Crippen molar-refractivity contribution in [2.45, 2.75) is 84.8 Å². The Morgan fingerprint density at radius 1 is 0.886 bits per heavy atom. The van der Waals surface area contributed by atoms with E-state index >= 15 is 0 Å². The zero-order chi connectivity index (χ0) is 26.1. The van der Waals surface area contributed by atoms with Gasteiger partial charge in [-0.1, -0.05) is 43.1 Å². The smallest absolute Gasteiger partial charge is 0.257 e. The average Bonchev–Trinajstić information content (AvgIpc) is 2.79. The van der Waals surface area contributed by atoms with E-state index in [0.29, 0.717) is 22.3 Å². The number of benzene rings is 2. The van der Waals surface area contributed by atoms with E-state index < -0.39 is 0 Å². The number of hydrogen-bond donors (Lipinski definition) is 1. The van der Waals surface area contributed by atoms with Gasteiger partial charge in [-0.05, 0) is 89.6 Å². The molecule has 194 valence electrons. The molecule has 35 heavy (non-hydrogen) atoms. The van der Waals surface area contributed by atoms with Gasteiger partial charge in [0.05, 0.1) is 5.02 Å². The van der Waals surface area contributed by atoms with Crippen LogP contribution in [-0.4, -0.2) is 30.3 Å². The SMILES string of the molecule is CCC(C)(C)Oc1ccc(CCCCNC(=O)COc2ccc(Cl)cc2Cl)c(OC(C)(C)CC)c1. The molecule has 1 amide bonds. The van der Waals surface area contributed by atoms with E-state index in [1.807, 2.05) is 12.1 Å². The van der Waals surface area contributed by atoms with Gasteiger partial charge in [-0.3, -0.25) is 4.79 Å². The molecule has 7 heteroatoms. The van der Waals surface area contributed by atoms with Crippen molar-refractivity contribution in [2.24, 2.45) is 0 Å². The van der Waals surface area contributed by atoms with Crippen LogP contribution < -0.4 is 19.5 Å². The third kappa shape index (κ3) is 10.2. The zero-order valence-corrected chi connectivity index (χ0v) is 23.3. The summed E-state index contributed by atoms with van der Waals surface area (Å²) in [7, 11) is 0. The lowest BCUT2D eigenvalue weighted by atomic mass is 10.0. The van der Waals surface area contributed by atoms with E-state index in [2.05, 4.69) is 52.9 Å². The second-order valence-corrected chi connectivity index (χ2v) is 10.7. The van der Waals surface area contributed by atoms with Crippen LogP contribution in [0.1, 0.15) is 72.8 Å². The first kappa shape index (κ1) is 29.1. The molecule has 0 aromatic heterocycles. The predicted molar refractivity (Wildman–Crippen MR) is 144 cm³/mol. The molecule has 2 aromatic carbocycles. The Hall–Kier alpha value is -2.11. The molecule has 0 aliphatic heterocycles. The van der Waals surface area contributed by atoms with E-state index in [-0.39, 0.29) is 23.7 Å². The van der Waals surface area contributed by atoms with Gasteiger partial charge in [0.15, 0.2) is 6.61 Å². The van der Waals surface area contributed by atoms with Crippen LogP contribution in [0.4, 0.5) is 0 Å². The van der Waals surface area contributed by atoms with Gasteiger partial charge in [-0.25, -0.2) is 0 Å². The lowest BCUT2D eigenvalue weighted by molar-refractivity contribution is -0.123. The fourth-order valence-corrected chi connectivity index (χ4v) is 3.58. The molecule has 0 fully saturated rings. The molecule has 1 N–H and O–H groups in total. The maximum Gasteiger partial charge on any atom is 0.257 e. The van der Waals surface area contributed by atoms with E-state index in [0.717, 1.165) is 49.2 Å². The summed E-state index contributed by atoms with van der Waals surface area (Å²) >= 11 is 11.9. The van der Waals surface area contributed by atoms with Gasteiger partial charge in [0, 0.05) is 17.6 Å². The third-order valence-corrected chi connectivity index (χ3v) is 6.50. The van der Waals surface area contributed by atoms with Crippen molar-refractivity contribution >= 4 is 29.1 Å². The fraction of sp³-hybridized carbons (Fsp3) is 0.536. The van der Waals surface area contributed by atoms with Crippen LogP contribution in [0.2, 0.25) is 10.0 Å². The highest BCUT2D eigenvalue weighted by molar-refractivity contribution is 6.35. The number of halogens is 2. The van der Waals surface area contributed by atoms with Crippen LogP contribution >= 0.6 is 23.2 Å². The standard InChI is InChI=1S/C28H39Cl2NO4/c1-7-27(3,4)34-22-14-12-20(25(18-22)35-28(5,6)8-2)11-9-10-16-31-26(32)19-33-24-15-13-21(29)17-23(24)30/h12-15,17-18H,7-11,16,19H2,1-6H3,(H,31,32). The molecule has 0 heterocycles. The summed E-state index contributed by atoms with van der Waals surface area (Å²) < 4.78 is 18.0. The molecule has 5 nitrogen and oxygen atoms in total. The van der Waals surface area contributed by atoms with E-state index in [4.69, 9.17) is 37.4 Å². The monoisotopic (exact) mass is 523 g/mol. The first-order valence-electron chi connectivity index (χ1n) is 12.3. The van der Waals surface area contributed by atoms with Crippen molar-refractivity contribution in [2.75, 3.05) is 13.2 Å². The Labute approximate surface area is 220 Å². The Balaban J connectivity index is 1.87. The van der Waals surface area contributed by atoms with E-state index in [9.17, 15) is 4.79 Å². The first-order chi connectivity index (χ1) is 16.4. The highest BCUT2D eigenvalue weighted by atomic mass is 35.5. The quantitative estimate of drug-likeness (QED) is 0.258. The fourth-order valence-electron chi connectivity index (χ4n) is 3.12. The molecule has 0 saturated carbocycles. The first-order valence-corrected chi connectivity index (χ1v) is 13.1. The number of ether oxygens (including phenoxy) is 3. The van der Waals surface area contributed by atoms with Crippen LogP contribution in [0.15, 0.2) is 36.4 Å². The van der Waals surface area contributed by atoms with Gasteiger partial charge in [-0.2, -0.15) is 0 Å². The minimum atomic E-state index is -0.269. The second kappa shape index (κ2) is 13.3. The second-order valence-electron chi connectivity index (χ2n) is 9.87. The van der Waals surface area contributed by atoms with E-state index in [1.165, 1.54) is 0 Å². The summed E-state index contributed by atoms with van der Waals surface area (Å²) in [6, 6.07) is 11.0. The summed E-state index contributed by atoms with van der Waals surface area (Å²) in [5, 5.41) is 3.79. The number of rotatable bonds is 14. The van der Waals surface area contributed by atoms with Gasteiger partial charge in [0.2, 0.25) is 0 Å². The molecule has 2 aromatic rings. The number of nitrogens with one attached hydrogen (secondary N) is 1. The maximum atomic E-state index is 12.1. The van der Waals surface area contributed by atoms with Crippen molar-refractivity contribution in [3.8, 4) is 17.2 Å². The van der Waals surface area contributed by atoms with Gasteiger partial charge in [0.1, 0.15) is 28.5 Å². The minimum absolute atomic E-state index is 0.0962. The molecular formula is C28H39Cl2NO4. The molecule has 0 spiro atoms. The molecule has 0 saturated heterocycles. The number of aryl methyl sites for hydroxylation is 1. The highest BCUT2D eigenvalue weighted by Crippen LogP contribution is 2.32. The van der Waals surface area contributed by atoms with Crippen molar-refractivity contribution in [3.05, 3.63) is 52.0 Å². The Kier molecular flexibility index (Phi) is 11.0. The molecule has 0 radical (unpaired) electrons. The number of hydrogen-bond acceptors (Lipinski definition) is 4. The largest absolute Gasteiger partial charge is 0.488 e. The highest BCUT2D eigenvalue weighted by Gasteiger charge is 2.21. The zero-order valence-electron chi connectivity index (χ0n) is 21.8. The van der Waals surface area contributed by atoms with E-state index in [1.54, 1.807) is 18.2 Å². The van der Waals surface area contributed by atoms with Crippen LogP contribution in [0.3, 0.4) is 0 Å². The Morgan fingerprint density at radius 2 is 1.57 bits per heavy atom. The van der Waals surface area contributed by atoms with Crippen molar-refractivity contribution < 1.29 is 19.0 Å². The third-order valence-electron chi connectivity index (χ3n) is 5.97. The summed E-state index contributed by atoms with van der Waals surface area (Å²) in [5.74, 6) is 1.92. The van der Waals surface area contributed by atoms with Gasteiger partial charge in [-0.15, -0.1) is 0 Å². The van der Waals surface area contributed by atoms with Crippen LogP contribution in [-0.2, 0) is 11.2 Å². The maximum absolute atomic E-state index is 12.1. The summed E-state index contributed by atoms with van der Waals surface area (Å²) in [6.45, 7) is 13.1. The Morgan fingerprint density at radius 3 is 2.23 bits per heavy atom. The normalized spacial score (nSPS) is 11.8. The van der Waals surface area contributed by atoms with Crippen LogP contribution in [0.5, 0.6) is 17.2 Å². The van der Waals surface area contributed by atoms with Crippen LogP contribution in [0, 0.1) is 0 Å². The molecule has 0 aliphatic rings. The molecule has 2 rings (SSSR count). The Bertz CT molecular complexity index is 975. The van der Waals surface area contributed by atoms with Gasteiger partial charge >= 0.3 is 0 Å². The van der Waals surface area contributed by atoms with Crippen LogP contribution in [0.25, 0.3) is 0 Å². The lowest BCUT2D eigenvalue weighted by Gasteiger charge is -2.29. The van der Waals surface area contributed by atoms with Crippen molar-refractivity contribution in [1.82, 2.24) is 5.32 Å². The number of unbranched alkanes of at least 4 members (excludes halogenated alkanes) is 1. The number of carbonyl (C=O) groups is 1. The molecule has 0 atom stereocenters. The number of amides is 1. The van der Waals surface area contributed by atoms with Gasteiger partial charge in [0.25, 0.3) is 5.91 Å². The average molecular weight is 525 g/mol. The molecule has 0 bridgehead atoms. The summed E-state index contributed by atoms with van der Waals surface area (Å²) in [6.07, 6.45) is 4.40. The van der Waals surface area contributed by atoms with Crippen molar-refractivity contribution in [1.29, 1.82) is 0 Å².